The van der Waals surface area contributed by atoms with Gasteiger partial charge in [-0.25, -0.2) is 4.98 Å². The maximum Gasteiger partial charge on any atom is 0.251 e. The maximum atomic E-state index is 11.7. The second kappa shape index (κ2) is 12.9. The molecule has 3 N–H and O–H groups in total. The summed E-state index contributed by atoms with van der Waals surface area (Å²) in [6.07, 6.45) is 7.87. The van der Waals surface area contributed by atoms with Crippen LogP contribution in [0.3, 0.4) is 0 Å². The molecule has 0 saturated carbocycles. The number of aryl methyl sites for hydroxylation is 3. The summed E-state index contributed by atoms with van der Waals surface area (Å²) in [6, 6.07) is 7.72. The summed E-state index contributed by atoms with van der Waals surface area (Å²) in [6.45, 7) is 1.63. The van der Waals surface area contributed by atoms with Crippen LogP contribution in [0.4, 0.5) is 0 Å². The van der Waals surface area contributed by atoms with Crippen molar-refractivity contribution in [2.24, 2.45) is 4.99 Å². The first-order valence-corrected chi connectivity index (χ1v) is 11.2. The van der Waals surface area contributed by atoms with E-state index in [1.165, 1.54) is 34.8 Å². The van der Waals surface area contributed by atoms with Gasteiger partial charge in [-0.1, -0.05) is 12.1 Å². The number of nitrogens with one attached hydrogen (secondary N) is 3. The number of aromatic nitrogens is 1. The minimum Gasteiger partial charge on any atom is -0.356 e. The number of hydrogen-bond donors (Lipinski definition) is 3. The first-order chi connectivity index (χ1) is 14.2. The summed E-state index contributed by atoms with van der Waals surface area (Å²) < 4.78 is 0. The van der Waals surface area contributed by atoms with E-state index >= 15 is 0 Å². The van der Waals surface area contributed by atoms with Gasteiger partial charge in [0, 0.05) is 44.0 Å². The fourth-order valence-electron chi connectivity index (χ4n) is 3.52. The number of benzene rings is 1. The summed E-state index contributed by atoms with van der Waals surface area (Å²) >= 11 is 1.90. The second-order valence-electron chi connectivity index (χ2n) is 7.24. The van der Waals surface area contributed by atoms with Crippen molar-refractivity contribution in [2.45, 2.75) is 44.9 Å². The molecule has 0 saturated heterocycles. The van der Waals surface area contributed by atoms with Crippen LogP contribution in [0, 0.1) is 0 Å². The number of amides is 1. The number of rotatable bonds is 8. The summed E-state index contributed by atoms with van der Waals surface area (Å²) in [5, 5.41) is 10.7. The van der Waals surface area contributed by atoms with Crippen LogP contribution >= 0.6 is 35.3 Å². The number of thiazole rings is 1. The highest BCUT2D eigenvalue weighted by Gasteiger charge is 2.14. The molecule has 1 amide bonds. The van der Waals surface area contributed by atoms with E-state index < -0.39 is 0 Å². The first-order valence-electron chi connectivity index (χ1n) is 10.4. The summed E-state index contributed by atoms with van der Waals surface area (Å²) in [4.78, 5) is 22.4. The fourth-order valence-corrected chi connectivity index (χ4v) is 4.72. The van der Waals surface area contributed by atoms with Crippen molar-refractivity contribution in [3.8, 4) is 0 Å². The van der Waals surface area contributed by atoms with E-state index in [0.29, 0.717) is 5.56 Å². The van der Waals surface area contributed by atoms with Crippen molar-refractivity contribution in [1.82, 2.24) is 20.9 Å². The Morgan fingerprint density at radius 1 is 1.17 bits per heavy atom. The molecule has 0 radical (unpaired) electrons. The number of nitrogens with zero attached hydrogens (tertiary/aromatic N) is 2. The second-order valence-corrected chi connectivity index (χ2v) is 8.41. The molecule has 1 aromatic heterocycles. The molecule has 0 bridgehead atoms. The Hall–Kier alpha value is -1.68. The molecule has 1 aliphatic rings. The van der Waals surface area contributed by atoms with Crippen molar-refractivity contribution in [3.05, 3.63) is 51.0 Å². The van der Waals surface area contributed by atoms with Gasteiger partial charge in [-0.05, 0) is 56.2 Å². The van der Waals surface area contributed by atoms with Crippen LogP contribution in [0.25, 0.3) is 0 Å². The Balaban J connectivity index is 0.00000320. The lowest BCUT2D eigenvalue weighted by atomic mass is 10.0. The summed E-state index contributed by atoms with van der Waals surface area (Å²) in [5.74, 6) is 0.754. The third-order valence-electron chi connectivity index (χ3n) is 5.10. The summed E-state index contributed by atoms with van der Waals surface area (Å²) in [7, 11) is 3.44. The zero-order chi connectivity index (χ0) is 20.5. The van der Waals surface area contributed by atoms with Crippen molar-refractivity contribution in [2.75, 3.05) is 27.2 Å². The Morgan fingerprint density at radius 2 is 1.97 bits per heavy atom. The molecular weight excluding hydrogens is 509 g/mol. The fraction of sp³-hybridized carbons (Fsp3) is 0.500. The molecule has 0 aliphatic heterocycles. The SMILES string of the molecule is CN=C(NCCCc1nc2c(s1)CCCC2)NCCc1cccc(C(=O)NC)c1.I. The first kappa shape index (κ1) is 24.6. The molecule has 3 rings (SSSR count). The van der Waals surface area contributed by atoms with Crippen molar-refractivity contribution in [3.63, 3.8) is 0 Å². The molecule has 0 fully saturated rings. The van der Waals surface area contributed by atoms with E-state index in [0.717, 1.165) is 50.3 Å². The van der Waals surface area contributed by atoms with Gasteiger partial charge in [0.2, 0.25) is 0 Å². The maximum absolute atomic E-state index is 11.7. The van der Waals surface area contributed by atoms with Gasteiger partial charge in [0.25, 0.3) is 5.91 Å². The normalized spacial score (nSPS) is 13.2. The molecule has 8 heteroatoms. The lowest BCUT2D eigenvalue weighted by molar-refractivity contribution is 0.0963. The highest BCUT2D eigenvalue weighted by molar-refractivity contribution is 14.0. The molecule has 0 unspecified atom stereocenters. The van der Waals surface area contributed by atoms with Crippen molar-refractivity contribution in [1.29, 1.82) is 0 Å². The van der Waals surface area contributed by atoms with Gasteiger partial charge in [-0.2, -0.15) is 0 Å². The number of carbonyl (C=O) groups is 1. The standard InChI is InChI=1S/C22H31N5OS.HI/c1-23-21(28)17-8-5-7-16(15-17)12-14-26-22(24-2)25-13-6-11-20-27-18-9-3-4-10-19(18)29-20;/h5,7-8,15H,3-4,6,9-14H2,1-2H3,(H,23,28)(H2,24,25,26);1H. The predicted octanol–water partition coefficient (Wildman–Crippen LogP) is 3.34. The van der Waals surface area contributed by atoms with Crippen LogP contribution in [-0.2, 0) is 25.7 Å². The molecule has 0 spiro atoms. The topological polar surface area (TPSA) is 78.4 Å². The summed E-state index contributed by atoms with van der Waals surface area (Å²) in [5.41, 5.74) is 3.17. The van der Waals surface area contributed by atoms with Gasteiger partial charge < -0.3 is 16.0 Å². The molecule has 0 atom stereocenters. The highest BCUT2D eigenvalue weighted by atomic mass is 127. The van der Waals surface area contributed by atoms with E-state index in [-0.39, 0.29) is 29.9 Å². The number of aliphatic imine (C=N–C) groups is 1. The van der Waals surface area contributed by atoms with Crippen LogP contribution in [0.5, 0.6) is 0 Å². The van der Waals surface area contributed by atoms with Crippen LogP contribution in [-0.4, -0.2) is 44.0 Å². The largest absolute Gasteiger partial charge is 0.356 e. The van der Waals surface area contributed by atoms with Gasteiger partial charge in [-0.15, -0.1) is 35.3 Å². The average Bonchev–Trinajstić information content (AvgIpc) is 3.18. The van der Waals surface area contributed by atoms with E-state index in [1.807, 2.05) is 35.6 Å². The smallest absolute Gasteiger partial charge is 0.251 e. The Bertz CT molecular complexity index is 828. The molecule has 2 aromatic rings. The van der Waals surface area contributed by atoms with Crippen molar-refractivity contribution < 1.29 is 4.79 Å². The molecule has 6 nitrogen and oxygen atoms in total. The third-order valence-corrected chi connectivity index (χ3v) is 6.31. The Kier molecular flexibility index (Phi) is 10.6. The number of halogens is 1. The van der Waals surface area contributed by atoms with E-state index in [1.54, 1.807) is 14.1 Å². The van der Waals surface area contributed by atoms with E-state index in [2.05, 4.69) is 20.9 Å². The monoisotopic (exact) mass is 541 g/mol. The van der Waals surface area contributed by atoms with E-state index in [9.17, 15) is 4.79 Å². The molecule has 30 heavy (non-hydrogen) atoms. The molecule has 1 heterocycles. The average molecular weight is 542 g/mol. The number of hydrogen-bond acceptors (Lipinski definition) is 4. The van der Waals surface area contributed by atoms with Crippen LogP contribution in [0.2, 0.25) is 0 Å². The lowest BCUT2D eigenvalue weighted by Gasteiger charge is -2.12. The van der Waals surface area contributed by atoms with Gasteiger partial charge in [0.15, 0.2) is 5.96 Å². The van der Waals surface area contributed by atoms with Gasteiger partial charge >= 0.3 is 0 Å². The zero-order valence-corrected chi connectivity index (χ0v) is 20.9. The van der Waals surface area contributed by atoms with Crippen LogP contribution in [0.1, 0.15) is 50.8 Å². The molecule has 1 aromatic carbocycles. The molecular formula is C22H32IN5OS. The highest BCUT2D eigenvalue weighted by Crippen LogP contribution is 2.27. The minimum atomic E-state index is -0.0571. The van der Waals surface area contributed by atoms with Crippen LogP contribution < -0.4 is 16.0 Å². The third kappa shape index (κ3) is 7.23. The van der Waals surface area contributed by atoms with Gasteiger partial charge in [0.05, 0.1) is 10.7 Å². The molecule has 164 valence electrons. The predicted molar refractivity (Wildman–Crippen MR) is 135 cm³/mol. The number of carbonyl (C=O) groups excluding carboxylic acids is 1. The number of fused-ring (bicyclic) bond motifs is 1. The van der Waals surface area contributed by atoms with Gasteiger partial charge in [0.1, 0.15) is 0 Å². The van der Waals surface area contributed by atoms with Crippen LogP contribution in [0.15, 0.2) is 29.3 Å². The lowest BCUT2D eigenvalue weighted by Crippen LogP contribution is -2.38. The minimum absolute atomic E-state index is 0. The number of guanidine groups is 1. The van der Waals surface area contributed by atoms with Gasteiger partial charge in [-0.3, -0.25) is 9.79 Å². The zero-order valence-electron chi connectivity index (χ0n) is 17.8. The Morgan fingerprint density at radius 3 is 2.73 bits per heavy atom. The Labute approximate surface area is 200 Å². The molecule has 1 aliphatic carbocycles. The van der Waals surface area contributed by atoms with Crippen molar-refractivity contribution >= 4 is 47.2 Å². The van der Waals surface area contributed by atoms with E-state index in [4.69, 9.17) is 4.98 Å². The quantitative estimate of drug-likeness (QED) is 0.207.